The van der Waals surface area contributed by atoms with Gasteiger partial charge in [-0.15, -0.1) is 0 Å². The van der Waals surface area contributed by atoms with Crippen LogP contribution in [0.3, 0.4) is 0 Å². The highest BCUT2D eigenvalue weighted by Crippen LogP contribution is 2.39. The van der Waals surface area contributed by atoms with Crippen molar-refractivity contribution in [3.05, 3.63) is 47.5 Å². The third-order valence-corrected chi connectivity index (χ3v) is 5.10. The maximum absolute atomic E-state index is 11.5. The van der Waals surface area contributed by atoms with E-state index in [-0.39, 0.29) is 13.2 Å². The molecule has 3 aromatic rings. The van der Waals surface area contributed by atoms with Crippen molar-refractivity contribution in [1.82, 2.24) is 4.98 Å². The Hall–Kier alpha value is -2.95. The SMILES string of the molecule is CCC(C)c1ccc2[nH]c(-c3ccc4c(c3)OCO4)c(CC(=O)O)c2c1. The molecule has 2 heterocycles. The molecule has 1 unspecified atom stereocenters. The van der Waals surface area contributed by atoms with E-state index in [2.05, 4.69) is 31.0 Å². The fourth-order valence-electron chi connectivity index (χ4n) is 3.44. The van der Waals surface area contributed by atoms with Gasteiger partial charge in [0.25, 0.3) is 0 Å². The standard InChI is InChI=1S/C21H21NO4/c1-3-12(2)13-4-6-17-15(8-13)16(10-20(23)24)21(22-17)14-5-7-18-19(9-14)26-11-25-18/h4-9,12,22H,3,10-11H2,1-2H3,(H,23,24). The molecule has 0 fully saturated rings. The van der Waals surface area contributed by atoms with Gasteiger partial charge in [-0.05, 0) is 53.8 Å². The minimum Gasteiger partial charge on any atom is -0.481 e. The Kier molecular flexibility index (Phi) is 4.07. The van der Waals surface area contributed by atoms with Crippen LogP contribution in [0.15, 0.2) is 36.4 Å². The van der Waals surface area contributed by atoms with Gasteiger partial charge in [0, 0.05) is 16.5 Å². The Bertz CT molecular complexity index is 989. The second-order valence-electron chi connectivity index (χ2n) is 6.73. The summed E-state index contributed by atoms with van der Waals surface area (Å²) in [6.07, 6.45) is 1.01. The molecule has 0 saturated heterocycles. The van der Waals surface area contributed by atoms with Crippen molar-refractivity contribution >= 4 is 16.9 Å². The summed E-state index contributed by atoms with van der Waals surface area (Å²) in [7, 11) is 0. The fraction of sp³-hybridized carbons (Fsp3) is 0.286. The molecule has 0 saturated carbocycles. The number of carboxylic acids is 1. The van der Waals surface area contributed by atoms with Crippen LogP contribution in [0.25, 0.3) is 22.2 Å². The van der Waals surface area contributed by atoms with E-state index in [0.717, 1.165) is 34.1 Å². The summed E-state index contributed by atoms with van der Waals surface area (Å²) in [6.45, 7) is 4.55. The van der Waals surface area contributed by atoms with Gasteiger partial charge in [-0.1, -0.05) is 19.9 Å². The minimum atomic E-state index is -0.846. The predicted molar refractivity (Wildman–Crippen MR) is 99.9 cm³/mol. The quantitative estimate of drug-likeness (QED) is 0.699. The van der Waals surface area contributed by atoms with Crippen LogP contribution in [0.5, 0.6) is 11.5 Å². The Morgan fingerprint density at radius 1 is 1.19 bits per heavy atom. The molecule has 1 aromatic heterocycles. The lowest BCUT2D eigenvalue weighted by molar-refractivity contribution is -0.136. The summed E-state index contributed by atoms with van der Waals surface area (Å²) in [5.74, 6) is 0.981. The summed E-state index contributed by atoms with van der Waals surface area (Å²) in [5.41, 5.74) is 4.69. The number of rotatable bonds is 5. The van der Waals surface area contributed by atoms with Crippen molar-refractivity contribution < 1.29 is 19.4 Å². The van der Waals surface area contributed by atoms with Gasteiger partial charge in [0.15, 0.2) is 11.5 Å². The molecule has 4 rings (SSSR count). The highest BCUT2D eigenvalue weighted by Gasteiger charge is 2.20. The molecule has 5 heteroatoms. The molecule has 134 valence electrons. The van der Waals surface area contributed by atoms with Gasteiger partial charge in [-0.2, -0.15) is 0 Å². The summed E-state index contributed by atoms with van der Waals surface area (Å²) >= 11 is 0. The molecular weight excluding hydrogens is 330 g/mol. The van der Waals surface area contributed by atoms with Crippen molar-refractivity contribution in [3.63, 3.8) is 0 Å². The zero-order valence-corrected chi connectivity index (χ0v) is 14.8. The van der Waals surface area contributed by atoms with Crippen LogP contribution < -0.4 is 9.47 Å². The van der Waals surface area contributed by atoms with E-state index in [1.807, 2.05) is 24.3 Å². The van der Waals surface area contributed by atoms with E-state index in [9.17, 15) is 9.90 Å². The molecule has 0 radical (unpaired) electrons. The first-order chi connectivity index (χ1) is 12.6. The number of aromatic nitrogens is 1. The topological polar surface area (TPSA) is 71.5 Å². The number of aromatic amines is 1. The fourth-order valence-corrected chi connectivity index (χ4v) is 3.44. The number of ether oxygens (including phenoxy) is 2. The van der Waals surface area contributed by atoms with Crippen LogP contribution >= 0.6 is 0 Å². The van der Waals surface area contributed by atoms with Gasteiger partial charge >= 0.3 is 5.97 Å². The van der Waals surface area contributed by atoms with Gasteiger partial charge < -0.3 is 19.6 Å². The first-order valence-corrected chi connectivity index (χ1v) is 8.83. The number of hydrogen-bond donors (Lipinski definition) is 2. The smallest absolute Gasteiger partial charge is 0.307 e. The highest BCUT2D eigenvalue weighted by atomic mass is 16.7. The number of carboxylic acid groups (broad SMARTS) is 1. The molecule has 2 aromatic carbocycles. The van der Waals surface area contributed by atoms with Crippen molar-refractivity contribution in [3.8, 4) is 22.8 Å². The predicted octanol–water partition coefficient (Wildman–Crippen LogP) is 4.70. The molecule has 0 aliphatic carbocycles. The van der Waals surface area contributed by atoms with E-state index in [1.165, 1.54) is 5.56 Å². The van der Waals surface area contributed by atoms with Crippen molar-refractivity contribution in [2.45, 2.75) is 32.6 Å². The number of benzene rings is 2. The Morgan fingerprint density at radius 3 is 2.77 bits per heavy atom. The van der Waals surface area contributed by atoms with Crippen molar-refractivity contribution in [2.75, 3.05) is 6.79 Å². The number of hydrogen-bond acceptors (Lipinski definition) is 3. The monoisotopic (exact) mass is 351 g/mol. The van der Waals surface area contributed by atoms with E-state index >= 15 is 0 Å². The van der Waals surface area contributed by atoms with Gasteiger partial charge in [-0.25, -0.2) is 0 Å². The summed E-state index contributed by atoms with van der Waals surface area (Å²) < 4.78 is 10.8. The van der Waals surface area contributed by atoms with E-state index in [0.29, 0.717) is 17.4 Å². The molecule has 1 atom stereocenters. The van der Waals surface area contributed by atoms with E-state index in [4.69, 9.17) is 9.47 Å². The number of fused-ring (bicyclic) bond motifs is 2. The summed E-state index contributed by atoms with van der Waals surface area (Å²) in [6, 6.07) is 12.0. The largest absolute Gasteiger partial charge is 0.481 e. The number of nitrogens with one attached hydrogen (secondary N) is 1. The highest BCUT2D eigenvalue weighted by molar-refractivity contribution is 5.94. The molecule has 1 aliphatic heterocycles. The molecule has 0 bridgehead atoms. The van der Waals surface area contributed by atoms with E-state index in [1.54, 1.807) is 0 Å². The Balaban J connectivity index is 1.89. The van der Waals surface area contributed by atoms with Crippen LogP contribution in [0.4, 0.5) is 0 Å². The van der Waals surface area contributed by atoms with Gasteiger partial charge in [0.1, 0.15) is 0 Å². The normalized spacial score (nSPS) is 13.9. The first kappa shape index (κ1) is 16.5. The van der Waals surface area contributed by atoms with Crippen molar-refractivity contribution in [2.24, 2.45) is 0 Å². The van der Waals surface area contributed by atoms with Crippen LogP contribution in [0, 0.1) is 0 Å². The van der Waals surface area contributed by atoms with E-state index < -0.39 is 5.97 Å². The lowest BCUT2D eigenvalue weighted by Crippen LogP contribution is -2.01. The second-order valence-corrected chi connectivity index (χ2v) is 6.73. The van der Waals surface area contributed by atoms with Crippen LogP contribution in [0.1, 0.15) is 37.3 Å². The Labute approximate surface area is 151 Å². The molecule has 0 amide bonds. The third-order valence-electron chi connectivity index (χ3n) is 5.10. The maximum Gasteiger partial charge on any atom is 0.307 e. The second kappa shape index (κ2) is 6.41. The Morgan fingerprint density at radius 2 is 2.00 bits per heavy atom. The molecule has 5 nitrogen and oxygen atoms in total. The van der Waals surface area contributed by atoms with Gasteiger partial charge in [0.05, 0.1) is 12.1 Å². The maximum atomic E-state index is 11.5. The number of H-pyrrole nitrogens is 1. The molecule has 26 heavy (non-hydrogen) atoms. The van der Waals surface area contributed by atoms with Gasteiger partial charge in [-0.3, -0.25) is 4.79 Å². The lowest BCUT2D eigenvalue weighted by atomic mass is 9.95. The van der Waals surface area contributed by atoms with Crippen LogP contribution in [-0.4, -0.2) is 22.9 Å². The van der Waals surface area contributed by atoms with Crippen LogP contribution in [0.2, 0.25) is 0 Å². The lowest BCUT2D eigenvalue weighted by Gasteiger charge is -2.09. The number of carbonyl (C=O) groups is 1. The average Bonchev–Trinajstić information content (AvgIpc) is 3.24. The molecule has 0 spiro atoms. The minimum absolute atomic E-state index is 0.0340. The van der Waals surface area contributed by atoms with Crippen molar-refractivity contribution in [1.29, 1.82) is 0 Å². The summed E-state index contributed by atoms with van der Waals surface area (Å²) in [5, 5.41) is 10.4. The van der Waals surface area contributed by atoms with Gasteiger partial charge in [0.2, 0.25) is 6.79 Å². The molecule has 1 aliphatic rings. The molecule has 2 N–H and O–H groups in total. The zero-order chi connectivity index (χ0) is 18.3. The summed E-state index contributed by atoms with van der Waals surface area (Å²) in [4.78, 5) is 14.9. The third kappa shape index (κ3) is 2.79. The zero-order valence-electron chi connectivity index (χ0n) is 14.8. The first-order valence-electron chi connectivity index (χ1n) is 8.83. The number of aliphatic carboxylic acids is 1. The molecular formula is C21H21NO4. The average molecular weight is 351 g/mol. The van der Waals surface area contributed by atoms with Crippen LogP contribution in [-0.2, 0) is 11.2 Å².